The zero-order chi connectivity index (χ0) is 16.6. The molecule has 0 radical (unpaired) electrons. The van der Waals surface area contributed by atoms with Crippen LogP contribution < -0.4 is 0 Å². The number of benzene rings is 1. The van der Waals surface area contributed by atoms with E-state index in [1.54, 1.807) is 5.56 Å². The molecule has 0 amide bonds. The summed E-state index contributed by atoms with van der Waals surface area (Å²) in [5.74, 6) is 0.818. The fourth-order valence-electron chi connectivity index (χ4n) is 4.62. The molecular weight excluding hydrogens is 290 g/mol. The fraction of sp³-hybridized carbons (Fsp3) is 0.652. The second kappa shape index (κ2) is 9.42. The van der Waals surface area contributed by atoms with Gasteiger partial charge in [-0.25, -0.2) is 0 Å². The highest BCUT2D eigenvalue weighted by Gasteiger charge is 2.18. The van der Waals surface area contributed by atoms with Gasteiger partial charge in [-0.2, -0.15) is 0 Å². The molecule has 0 N–H and O–H groups in total. The Labute approximate surface area is 149 Å². The quantitative estimate of drug-likeness (QED) is 0.584. The van der Waals surface area contributed by atoms with Crippen LogP contribution in [0.4, 0.5) is 0 Å². The van der Waals surface area contributed by atoms with Gasteiger partial charge in [-0.3, -0.25) is 4.90 Å². The van der Waals surface area contributed by atoms with Gasteiger partial charge in [0.1, 0.15) is 0 Å². The lowest BCUT2D eigenvalue weighted by molar-refractivity contribution is 0.181. The third-order valence-electron chi connectivity index (χ3n) is 6.16. The van der Waals surface area contributed by atoms with Gasteiger partial charge in [0.25, 0.3) is 0 Å². The van der Waals surface area contributed by atoms with Gasteiger partial charge in [-0.1, -0.05) is 81.9 Å². The zero-order valence-electron chi connectivity index (χ0n) is 15.6. The summed E-state index contributed by atoms with van der Waals surface area (Å²) in [6.45, 7) is 4.59. The highest BCUT2D eigenvalue weighted by Crippen LogP contribution is 2.32. The molecule has 0 aromatic heterocycles. The zero-order valence-corrected chi connectivity index (χ0v) is 15.6. The van der Waals surface area contributed by atoms with Crippen LogP contribution in [0.2, 0.25) is 0 Å². The molecule has 2 fully saturated rings. The Morgan fingerprint density at radius 1 is 0.875 bits per heavy atom. The lowest BCUT2D eigenvalue weighted by Gasteiger charge is -2.32. The predicted molar refractivity (Wildman–Crippen MR) is 105 cm³/mol. The van der Waals surface area contributed by atoms with Crippen LogP contribution in [0.5, 0.6) is 0 Å². The molecule has 0 heterocycles. The van der Waals surface area contributed by atoms with Crippen molar-refractivity contribution >= 4 is 6.08 Å². The Bertz CT molecular complexity index is 489. The molecule has 1 nitrogen and oxygen atoms in total. The molecule has 1 heteroatoms. The molecule has 0 atom stereocenters. The summed E-state index contributed by atoms with van der Waals surface area (Å²) in [6.07, 6.45) is 18.8. The second-order valence-corrected chi connectivity index (χ2v) is 7.78. The van der Waals surface area contributed by atoms with E-state index in [0.29, 0.717) is 0 Å². The first kappa shape index (κ1) is 17.7. The van der Waals surface area contributed by atoms with Crippen molar-refractivity contribution in [2.45, 2.75) is 83.1 Å². The van der Waals surface area contributed by atoms with Gasteiger partial charge in [-0.15, -0.1) is 0 Å². The van der Waals surface area contributed by atoms with Gasteiger partial charge in [0.15, 0.2) is 0 Å². The van der Waals surface area contributed by atoms with E-state index in [-0.39, 0.29) is 0 Å². The largest absolute Gasteiger partial charge is 0.297 e. The lowest BCUT2D eigenvalue weighted by Crippen LogP contribution is -2.36. The van der Waals surface area contributed by atoms with Crippen molar-refractivity contribution in [3.8, 4) is 0 Å². The van der Waals surface area contributed by atoms with Crippen LogP contribution in [0.3, 0.4) is 0 Å². The number of likely N-dealkylation sites (N-methyl/N-ethyl adjacent to an activating group) is 1. The van der Waals surface area contributed by atoms with Crippen LogP contribution in [-0.4, -0.2) is 24.0 Å². The number of hydrogen-bond acceptors (Lipinski definition) is 1. The lowest BCUT2D eigenvalue weighted by atomic mass is 9.84. The van der Waals surface area contributed by atoms with Crippen molar-refractivity contribution < 1.29 is 0 Å². The van der Waals surface area contributed by atoms with Gasteiger partial charge in [-0.05, 0) is 49.3 Å². The van der Waals surface area contributed by atoms with E-state index in [4.69, 9.17) is 0 Å². The first-order valence-corrected chi connectivity index (χ1v) is 10.4. The standard InChI is InChI=1S/C23H35N/c1-2-24(23-13-7-4-8-14-23)19-9-10-20-15-17-22(18-16-20)21-11-5-3-6-12-21/h9-10,15-18,21,23H,2-8,11-14,19H2,1H3/b10-9-. The molecule has 132 valence electrons. The van der Waals surface area contributed by atoms with Crippen molar-refractivity contribution in [2.75, 3.05) is 13.1 Å². The van der Waals surface area contributed by atoms with Crippen LogP contribution >= 0.6 is 0 Å². The maximum atomic E-state index is 2.66. The van der Waals surface area contributed by atoms with Crippen molar-refractivity contribution in [2.24, 2.45) is 0 Å². The summed E-state index contributed by atoms with van der Waals surface area (Å²) in [5, 5.41) is 0. The predicted octanol–water partition coefficient (Wildman–Crippen LogP) is 6.40. The molecule has 0 unspecified atom stereocenters. The minimum absolute atomic E-state index is 0.818. The van der Waals surface area contributed by atoms with Crippen LogP contribution in [0, 0.1) is 0 Å². The minimum atomic E-state index is 0.818. The minimum Gasteiger partial charge on any atom is -0.297 e. The molecule has 2 aliphatic rings. The van der Waals surface area contributed by atoms with E-state index in [1.807, 2.05) is 0 Å². The smallest absolute Gasteiger partial charge is 0.0169 e. The van der Waals surface area contributed by atoms with Crippen molar-refractivity contribution in [3.63, 3.8) is 0 Å². The first-order chi connectivity index (χ1) is 11.9. The van der Waals surface area contributed by atoms with Gasteiger partial charge in [0, 0.05) is 12.6 Å². The fourth-order valence-corrected chi connectivity index (χ4v) is 4.62. The Kier molecular flexibility index (Phi) is 6.96. The topological polar surface area (TPSA) is 3.24 Å². The Balaban J connectivity index is 1.51. The molecular formula is C23H35N. The summed E-state index contributed by atoms with van der Waals surface area (Å²) in [4.78, 5) is 2.66. The van der Waals surface area contributed by atoms with Gasteiger partial charge in [0.2, 0.25) is 0 Å². The molecule has 3 rings (SSSR count). The van der Waals surface area contributed by atoms with E-state index < -0.39 is 0 Å². The maximum Gasteiger partial charge on any atom is 0.0169 e. The molecule has 0 spiro atoms. The van der Waals surface area contributed by atoms with Crippen molar-refractivity contribution in [3.05, 3.63) is 41.5 Å². The number of rotatable bonds is 6. The molecule has 0 saturated heterocycles. The molecule has 1 aromatic carbocycles. The molecule has 2 saturated carbocycles. The van der Waals surface area contributed by atoms with E-state index in [9.17, 15) is 0 Å². The SMILES string of the molecule is CCN(C/C=C\c1ccc(C2CCCCC2)cc1)C1CCCCC1. The third-order valence-corrected chi connectivity index (χ3v) is 6.16. The Morgan fingerprint density at radius 2 is 1.50 bits per heavy atom. The highest BCUT2D eigenvalue weighted by molar-refractivity contribution is 5.50. The monoisotopic (exact) mass is 325 g/mol. The molecule has 24 heavy (non-hydrogen) atoms. The highest BCUT2D eigenvalue weighted by atomic mass is 15.1. The summed E-state index contributed by atoms with van der Waals surface area (Å²) < 4.78 is 0. The Morgan fingerprint density at radius 3 is 2.12 bits per heavy atom. The van der Waals surface area contributed by atoms with E-state index in [1.165, 1.54) is 76.3 Å². The van der Waals surface area contributed by atoms with Crippen molar-refractivity contribution in [1.29, 1.82) is 0 Å². The van der Waals surface area contributed by atoms with Crippen LogP contribution in [-0.2, 0) is 0 Å². The maximum absolute atomic E-state index is 2.66. The van der Waals surface area contributed by atoms with Crippen LogP contribution in [0.15, 0.2) is 30.3 Å². The van der Waals surface area contributed by atoms with E-state index >= 15 is 0 Å². The molecule has 1 aromatic rings. The second-order valence-electron chi connectivity index (χ2n) is 7.78. The molecule has 0 bridgehead atoms. The molecule has 0 aliphatic heterocycles. The summed E-state index contributed by atoms with van der Waals surface area (Å²) >= 11 is 0. The van der Waals surface area contributed by atoms with Crippen LogP contribution in [0.25, 0.3) is 6.08 Å². The average molecular weight is 326 g/mol. The van der Waals surface area contributed by atoms with Gasteiger partial charge >= 0.3 is 0 Å². The van der Waals surface area contributed by atoms with E-state index in [0.717, 1.165) is 18.5 Å². The summed E-state index contributed by atoms with van der Waals surface area (Å²) in [5.41, 5.74) is 2.92. The normalized spacial score (nSPS) is 20.9. The molecule has 2 aliphatic carbocycles. The first-order valence-electron chi connectivity index (χ1n) is 10.4. The van der Waals surface area contributed by atoms with E-state index in [2.05, 4.69) is 48.2 Å². The Hall–Kier alpha value is -1.08. The number of hydrogen-bond donors (Lipinski definition) is 0. The van der Waals surface area contributed by atoms with Crippen molar-refractivity contribution in [1.82, 2.24) is 4.90 Å². The van der Waals surface area contributed by atoms with Crippen LogP contribution in [0.1, 0.15) is 88.2 Å². The summed E-state index contributed by atoms with van der Waals surface area (Å²) in [6, 6.07) is 10.2. The number of nitrogens with zero attached hydrogens (tertiary/aromatic N) is 1. The van der Waals surface area contributed by atoms with Gasteiger partial charge < -0.3 is 0 Å². The van der Waals surface area contributed by atoms with Gasteiger partial charge in [0.05, 0.1) is 0 Å². The summed E-state index contributed by atoms with van der Waals surface area (Å²) in [7, 11) is 0. The third kappa shape index (κ3) is 4.96. The average Bonchev–Trinajstić information content (AvgIpc) is 2.67.